The van der Waals surface area contributed by atoms with Crippen LogP contribution in [0.4, 0.5) is 5.82 Å². The number of amides is 1. The molecule has 5 nitrogen and oxygen atoms in total. The van der Waals surface area contributed by atoms with E-state index in [1.165, 1.54) is 25.7 Å². The van der Waals surface area contributed by atoms with Crippen LogP contribution in [0.15, 0.2) is 18.3 Å². The van der Waals surface area contributed by atoms with Gasteiger partial charge in [-0.25, -0.2) is 4.98 Å². The van der Waals surface area contributed by atoms with Crippen LogP contribution in [0.2, 0.25) is 0 Å². The SMILES string of the molecule is CC(C)(CO)NC(=O)c1ccnc(N2CCCCCC2)c1. The lowest BCUT2D eigenvalue weighted by molar-refractivity contribution is 0.0869. The molecule has 1 aromatic heterocycles. The molecule has 0 spiro atoms. The van der Waals surface area contributed by atoms with Gasteiger partial charge in [0.15, 0.2) is 0 Å². The van der Waals surface area contributed by atoms with Crippen LogP contribution in [-0.4, -0.2) is 41.2 Å². The monoisotopic (exact) mass is 291 g/mol. The van der Waals surface area contributed by atoms with Gasteiger partial charge in [-0.3, -0.25) is 4.79 Å². The number of carbonyl (C=O) groups is 1. The van der Waals surface area contributed by atoms with Gasteiger partial charge in [0.05, 0.1) is 12.1 Å². The van der Waals surface area contributed by atoms with E-state index in [0.717, 1.165) is 18.9 Å². The molecule has 0 unspecified atom stereocenters. The Morgan fingerprint density at radius 3 is 2.62 bits per heavy atom. The quantitative estimate of drug-likeness (QED) is 0.890. The van der Waals surface area contributed by atoms with E-state index in [4.69, 9.17) is 0 Å². The van der Waals surface area contributed by atoms with E-state index in [2.05, 4.69) is 15.2 Å². The maximum Gasteiger partial charge on any atom is 0.251 e. The Hall–Kier alpha value is -1.62. The van der Waals surface area contributed by atoms with Crippen LogP contribution in [-0.2, 0) is 0 Å². The predicted molar refractivity (Wildman–Crippen MR) is 83.5 cm³/mol. The average Bonchev–Trinajstić information content (AvgIpc) is 2.76. The number of hydrogen-bond donors (Lipinski definition) is 2. The van der Waals surface area contributed by atoms with Gasteiger partial charge >= 0.3 is 0 Å². The first-order valence-corrected chi connectivity index (χ1v) is 7.66. The van der Waals surface area contributed by atoms with Crippen LogP contribution >= 0.6 is 0 Å². The lowest BCUT2D eigenvalue weighted by Gasteiger charge is -2.24. The Kier molecular flexibility index (Phi) is 5.17. The molecule has 0 bridgehead atoms. The number of aromatic nitrogens is 1. The van der Waals surface area contributed by atoms with E-state index in [1.807, 2.05) is 6.07 Å². The number of rotatable bonds is 4. The van der Waals surface area contributed by atoms with Gasteiger partial charge in [0.2, 0.25) is 0 Å². The fraction of sp³-hybridized carbons (Fsp3) is 0.625. The van der Waals surface area contributed by atoms with Gasteiger partial charge in [-0.15, -0.1) is 0 Å². The van der Waals surface area contributed by atoms with Gasteiger partial charge < -0.3 is 15.3 Å². The molecule has 21 heavy (non-hydrogen) atoms. The molecular formula is C16H25N3O2. The van der Waals surface area contributed by atoms with Crippen molar-refractivity contribution in [2.45, 2.75) is 45.1 Å². The molecule has 0 radical (unpaired) electrons. The Bertz CT molecular complexity index is 480. The van der Waals surface area contributed by atoms with Gasteiger partial charge in [0, 0.05) is 24.8 Å². The summed E-state index contributed by atoms with van der Waals surface area (Å²) in [5.74, 6) is 0.693. The van der Waals surface area contributed by atoms with Crippen LogP contribution < -0.4 is 10.2 Å². The highest BCUT2D eigenvalue weighted by atomic mass is 16.3. The topological polar surface area (TPSA) is 65.5 Å². The van der Waals surface area contributed by atoms with Crippen molar-refractivity contribution in [3.05, 3.63) is 23.9 Å². The third-order valence-corrected chi connectivity index (χ3v) is 3.78. The molecule has 2 N–H and O–H groups in total. The molecule has 0 aromatic carbocycles. The molecular weight excluding hydrogens is 266 g/mol. The molecule has 2 heterocycles. The van der Waals surface area contributed by atoms with Crippen molar-refractivity contribution in [3.63, 3.8) is 0 Å². The highest BCUT2D eigenvalue weighted by Crippen LogP contribution is 2.18. The van der Waals surface area contributed by atoms with E-state index < -0.39 is 5.54 Å². The lowest BCUT2D eigenvalue weighted by atomic mass is 10.1. The first kappa shape index (κ1) is 15.8. The second-order valence-corrected chi connectivity index (χ2v) is 6.30. The number of pyridine rings is 1. The third kappa shape index (κ3) is 4.43. The number of nitrogens with zero attached hydrogens (tertiary/aromatic N) is 2. The molecule has 0 aliphatic carbocycles. The van der Waals surface area contributed by atoms with Gasteiger partial charge in [-0.1, -0.05) is 12.8 Å². The van der Waals surface area contributed by atoms with Crippen molar-refractivity contribution in [1.82, 2.24) is 10.3 Å². The molecule has 5 heteroatoms. The van der Waals surface area contributed by atoms with Crippen molar-refractivity contribution >= 4 is 11.7 Å². The predicted octanol–water partition coefficient (Wildman–Crippen LogP) is 1.96. The fourth-order valence-electron chi connectivity index (χ4n) is 2.45. The standard InChI is InChI=1S/C16H25N3O2/c1-16(2,12-20)18-15(21)13-7-8-17-14(11-13)19-9-5-3-4-6-10-19/h7-8,11,20H,3-6,9-10,12H2,1-2H3,(H,18,21). The summed E-state index contributed by atoms with van der Waals surface area (Å²) < 4.78 is 0. The molecule has 1 saturated heterocycles. The molecule has 1 aliphatic heterocycles. The largest absolute Gasteiger partial charge is 0.394 e. The second kappa shape index (κ2) is 6.89. The lowest BCUT2D eigenvalue weighted by Crippen LogP contribution is -2.46. The summed E-state index contributed by atoms with van der Waals surface area (Å²) in [6, 6.07) is 3.55. The zero-order valence-electron chi connectivity index (χ0n) is 12.9. The normalized spacial score (nSPS) is 16.4. The van der Waals surface area contributed by atoms with Crippen molar-refractivity contribution in [1.29, 1.82) is 0 Å². The molecule has 116 valence electrons. The van der Waals surface area contributed by atoms with Crippen molar-refractivity contribution in [2.24, 2.45) is 0 Å². The van der Waals surface area contributed by atoms with Gasteiger partial charge in [0.1, 0.15) is 5.82 Å². The molecule has 0 saturated carbocycles. The Morgan fingerprint density at radius 1 is 1.33 bits per heavy atom. The second-order valence-electron chi connectivity index (χ2n) is 6.30. The molecule has 1 fully saturated rings. The summed E-state index contributed by atoms with van der Waals surface area (Å²) in [5, 5.41) is 12.1. The minimum Gasteiger partial charge on any atom is -0.394 e. The van der Waals surface area contributed by atoms with Crippen molar-refractivity contribution in [3.8, 4) is 0 Å². The van der Waals surface area contributed by atoms with E-state index in [-0.39, 0.29) is 12.5 Å². The number of aliphatic hydroxyl groups excluding tert-OH is 1. The summed E-state index contributed by atoms with van der Waals surface area (Å²) in [6.07, 6.45) is 6.56. The zero-order valence-corrected chi connectivity index (χ0v) is 12.9. The fourth-order valence-corrected chi connectivity index (χ4v) is 2.45. The first-order valence-electron chi connectivity index (χ1n) is 7.66. The maximum absolute atomic E-state index is 12.3. The first-order chi connectivity index (χ1) is 10.0. The smallest absolute Gasteiger partial charge is 0.251 e. The third-order valence-electron chi connectivity index (χ3n) is 3.78. The van der Waals surface area contributed by atoms with E-state index in [1.54, 1.807) is 26.1 Å². The molecule has 1 aliphatic rings. The van der Waals surface area contributed by atoms with Gasteiger partial charge in [-0.05, 0) is 38.8 Å². The number of hydrogen-bond acceptors (Lipinski definition) is 4. The summed E-state index contributed by atoms with van der Waals surface area (Å²) in [4.78, 5) is 18.9. The number of anilines is 1. The molecule has 2 rings (SSSR count). The van der Waals surface area contributed by atoms with Crippen LogP contribution in [0.5, 0.6) is 0 Å². The Labute approximate surface area is 126 Å². The summed E-state index contributed by atoms with van der Waals surface area (Å²) >= 11 is 0. The van der Waals surface area contributed by atoms with Crippen molar-refractivity contribution < 1.29 is 9.90 Å². The molecule has 0 atom stereocenters. The van der Waals surface area contributed by atoms with Crippen LogP contribution in [0.25, 0.3) is 0 Å². The van der Waals surface area contributed by atoms with E-state index in [0.29, 0.717) is 5.56 Å². The van der Waals surface area contributed by atoms with E-state index in [9.17, 15) is 9.90 Å². The minimum absolute atomic E-state index is 0.0944. The van der Waals surface area contributed by atoms with E-state index >= 15 is 0 Å². The number of carbonyl (C=O) groups excluding carboxylic acids is 1. The molecule has 1 amide bonds. The highest BCUT2D eigenvalue weighted by Gasteiger charge is 2.21. The maximum atomic E-state index is 12.3. The summed E-state index contributed by atoms with van der Waals surface area (Å²) in [6.45, 7) is 5.49. The van der Waals surface area contributed by atoms with Gasteiger partial charge in [0.25, 0.3) is 5.91 Å². The van der Waals surface area contributed by atoms with Crippen LogP contribution in [0.1, 0.15) is 49.9 Å². The van der Waals surface area contributed by atoms with Crippen LogP contribution in [0, 0.1) is 0 Å². The summed E-state index contributed by atoms with van der Waals surface area (Å²) in [5.41, 5.74) is -0.0332. The highest BCUT2D eigenvalue weighted by molar-refractivity contribution is 5.95. The molecule has 1 aromatic rings. The Morgan fingerprint density at radius 2 is 2.00 bits per heavy atom. The van der Waals surface area contributed by atoms with Crippen LogP contribution in [0.3, 0.4) is 0 Å². The van der Waals surface area contributed by atoms with Gasteiger partial charge in [-0.2, -0.15) is 0 Å². The zero-order chi connectivity index (χ0) is 15.3. The summed E-state index contributed by atoms with van der Waals surface area (Å²) in [7, 11) is 0. The van der Waals surface area contributed by atoms with Crippen molar-refractivity contribution in [2.75, 3.05) is 24.6 Å². The Balaban J connectivity index is 2.11. The number of nitrogens with one attached hydrogen (secondary N) is 1. The average molecular weight is 291 g/mol. The minimum atomic E-state index is -0.622. The number of aliphatic hydroxyl groups is 1.